The second-order valence-electron chi connectivity index (χ2n) is 4.40. The molecule has 1 aliphatic heterocycles. The first-order valence-corrected chi connectivity index (χ1v) is 5.94. The van der Waals surface area contributed by atoms with Crippen LogP contribution in [0.3, 0.4) is 0 Å². The van der Waals surface area contributed by atoms with Gasteiger partial charge in [-0.15, -0.1) is 12.4 Å². The van der Waals surface area contributed by atoms with Gasteiger partial charge in [0.25, 0.3) is 0 Å². The molecule has 102 valence electrons. The third-order valence-electron chi connectivity index (χ3n) is 3.27. The Hall–Kier alpha value is -1.50. The summed E-state index contributed by atoms with van der Waals surface area (Å²) in [7, 11) is 0. The SMILES string of the molecule is Cl.OC[C@@H]1CNC[C@H]1c1nc(-c2ccncc2)no1. The van der Waals surface area contributed by atoms with Crippen molar-refractivity contribution in [3.05, 3.63) is 30.4 Å². The van der Waals surface area contributed by atoms with Crippen LogP contribution in [0, 0.1) is 5.92 Å². The van der Waals surface area contributed by atoms with Crippen LogP contribution in [0.4, 0.5) is 0 Å². The van der Waals surface area contributed by atoms with E-state index in [1.807, 2.05) is 12.1 Å². The fourth-order valence-corrected chi connectivity index (χ4v) is 2.22. The molecular formula is C12H15ClN4O2. The number of halogens is 1. The molecular weight excluding hydrogens is 268 g/mol. The summed E-state index contributed by atoms with van der Waals surface area (Å²) in [5.74, 6) is 1.40. The Morgan fingerprint density at radius 1 is 1.32 bits per heavy atom. The molecule has 19 heavy (non-hydrogen) atoms. The zero-order valence-corrected chi connectivity index (χ0v) is 11.0. The number of nitrogens with zero attached hydrogens (tertiary/aromatic N) is 3. The molecule has 3 heterocycles. The van der Waals surface area contributed by atoms with Crippen molar-refractivity contribution in [3.63, 3.8) is 0 Å². The van der Waals surface area contributed by atoms with Gasteiger partial charge in [-0.3, -0.25) is 4.98 Å². The van der Waals surface area contributed by atoms with Gasteiger partial charge in [0.2, 0.25) is 11.7 Å². The first-order chi connectivity index (χ1) is 8.88. The van der Waals surface area contributed by atoms with Crippen LogP contribution in [0.2, 0.25) is 0 Å². The third-order valence-corrected chi connectivity index (χ3v) is 3.27. The molecule has 0 bridgehead atoms. The largest absolute Gasteiger partial charge is 0.396 e. The molecule has 0 aliphatic carbocycles. The van der Waals surface area contributed by atoms with Gasteiger partial charge >= 0.3 is 0 Å². The van der Waals surface area contributed by atoms with E-state index in [9.17, 15) is 5.11 Å². The summed E-state index contributed by atoms with van der Waals surface area (Å²) < 4.78 is 5.30. The Morgan fingerprint density at radius 3 is 2.84 bits per heavy atom. The summed E-state index contributed by atoms with van der Waals surface area (Å²) >= 11 is 0. The number of aromatic nitrogens is 3. The van der Waals surface area contributed by atoms with Crippen LogP contribution in [-0.4, -0.2) is 39.9 Å². The standard InChI is InChI=1S/C12H14N4O2.ClH/c17-7-9-5-14-6-10(9)12-15-11(16-18-12)8-1-3-13-4-2-8;/h1-4,9-10,14,17H,5-7H2;1H/t9-,10+;/m0./s1. The van der Waals surface area contributed by atoms with E-state index < -0.39 is 0 Å². The molecule has 2 aromatic rings. The Balaban J connectivity index is 0.00000133. The Morgan fingerprint density at radius 2 is 2.11 bits per heavy atom. The van der Waals surface area contributed by atoms with Gasteiger partial charge in [0.05, 0.1) is 5.92 Å². The lowest BCUT2D eigenvalue weighted by molar-refractivity contribution is 0.211. The summed E-state index contributed by atoms with van der Waals surface area (Å²) in [6.07, 6.45) is 3.39. The van der Waals surface area contributed by atoms with Gasteiger partial charge in [0.1, 0.15) is 0 Å². The highest BCUT2D eigenvalue weighted by molar-refractivity contribution is 5.85. The third kappa shape index (κ3) is 2.75. The van der Waals surface area contributed by atoms with E-state index in [1.54, 1.807) is 12.4 Å². The molecule has 1 aliphatic rings. The summed E-state index contributed by atoms with van der Waals surface area (Å²) in [6, 6.07) is 3.68. The van der Waals surface area contributed by atoms with Gasteiger partial charge in [-0.25, -0.2) is 0 Å². The monoisotopic (exact) mass is 282 g/mol. The number of pyridine rings is 1. The first kappa shape index (κ1) is 13.9. The fourth-order valence-electron chi connectivity index (χ4n) is 2.22. The molecule has 0 spiro atoms. The molecule has 2 atom stereocenters. The van der Waals surface area contributed by atoms with Gasteiger partial charge < -0.3 is 14.9 Å². The van der Waals surface area contributed by atoms with Crippen molar-refractivity contribution in [2.24, 2.45) is 5.92 Å². The van der Waals surface area contributed by atoms with Crippen LogP contribution in [-0.2, 0) is 0 Å². The Labute approximate surface area is 116 Å². The van der Waals surface area contributed by atoms with Crippen LogP contribution < -0.4 is 5.32 Å². The highest BCUT2D eigenvalue weighted by atomic mass is 35.5. The highest BCUT2D eigenvalue weighted by Gasteiger charge is 2.32. The fraction of sp³-hybridized carbons (Fsp3) is 0.417. The number of rotatable bonds is 3. The molecule has 0 aromatic carbocycles. The highest BCUT2D eigenvalue weighted by Crippen LogP contribution is 2.27. The molecule has 2 N–H and O–H groups in total. The van der Waals surface area contributed by atoms with Crippen molar-refractivity contribution < 1.29 is 9.63 Å². The summed E-state index contributed by atoms with van der Waals surface area (Å²) in [5, 5.41) is 16.5. The molecule has 0 saturated carbocycles. The lowest BCUT2D eigenvalue weighted by atomic mass is 9.97. The van der Waals surface area contributed by atoms with Crippen LogP contribution in [0.15, 0.2) is 29.0 Å². The van der Waals surface area contributed by atoms with Crippen molar-refractivity contribution in [1.29, 1.82) is 0 Å². The number of nitrogens with one attached hydrogen (secondary N) is 1. The quantitative estimate of drug-likeness (QED) is 0.868. The molecule has 0 unspecified atom stereocenters. The average molecular weight is 283 g/mol. The Kier molecular flexibility index (Phi) is 4.47. The zero-order valence-electron chi connectivity index (χ0n) is 10.2. The first-order valence-electron chi connectivity index (χ1n) is 5.94. The number of hydrogen-bond donors (Lipinski definition) is 2. The predicted octanol–water partition coefficient (Wildman–Crippen LogP) is 0.849. The van der Waals surface area contributed by atoms with Crippen molar-refractivity contribution in [2.75, 3.05) is 19.7 Å². The summed E-state index contributed by atoms with van der Waals surface area (Å²) in [5.41, 5.74) is 0.881. The van der Waals surface area contributed by atoms with Gasteiger partial charge in [0.15, 0.2) is 0 Å². The molecule has 6 nitrogen and oxygen atoms in total. The smallest absolute Gasteiger partial charge is 0.231 e. The molecule has 2 aromatic heterocycles. The second kappa shape index (κ2) is 6.10. The normalized spacial score (nSPS) is 22.2. The van der Waals surface area contributed by atoms with Crippen LogP contribution >= 0.6 is 12.4 Å². The Bertz CT molecular complexity index is 519. The van der Waals surface area contributed by atoms with E-state index in [1.165, 1.54) is 0 Å². The maximum atomic E-state index is 9.28. The topological polar surface area (TPSA) is 84.1 Å². The lowest BCUT2D eigenvalue weighted by Gasteiger charge is -2.10. The minimum atomic E-state index is 0. The zero-order chi connectivity index (χ0) is 12.4. The van der Waals surface area contributed by atoms with E-state index in [-0.39, 0.29) is 30.8 Å². The van der Waals surface area contributed by atoms with Gasteiger partial charge in [-0.2, -0.15) is 4.98 Å². The summed E-state index contributed by atoms with van der Waals surface area (Å²) in [6.45, 7) is 1.68. The van der Waals surface area contributed by atoms with Gasteiger partial charge in [-0.05, 0) is 12.1 Å². The molecule has 7 heteroatoms. The van der Waals surface area contributed by atoms with Crippen LogP contribution in [0.25, 0.3) is 11.4 Å². The lowest BCUT2D eigenvalue weighted by Crippen LogP contribution is -2.15. The van der Waals surface area contributed by atoms with Gasteiger partial charge in [0, 0.05) is 43.6 Å². The van der Waals surface area contributed by atoms with Crippen molar-refractivity contribution in [1.82, 2.24) is 20.4 Å². The van der Waals surface area contributed by atoms with E-state index in [0.717, 1.165) is 18.7 Å². The van der Waals surface area contributed by atoms with Crippen LogP contribution in [0.1, 0.15) is 11.8 Å². The molecule has 1 saturated heterocycles. The average Bonchev–Trinajstić information content (AvgIpc) is 3.08. The van der Waals surface area contributed by atoms with Gasteiger partial charge in [-0.1, -0.05) is 5.16 Å². The molecule has 0 amide bonds. The molecule has 3 rings (SSSR count). The van der Waals surface area contributed by atoms with Crippen molar-refractivity contribution in [3.8, 4) is 11.4 Å². The maximum absolute atomic E-state index is 9.28. The summed E-state index contributed by atoms with van der Waals surface area (Å²) in [4.78, 5) is 8.36. The van der Waals surface area contributed by atoms with Crippen LogP contribution in [0.5, 0.6) is 0 Å². The van der Waals surface area contributed by atoms with Crippen molar-refractivity contribution >= 4 is 12.4 Å². The second-order valence-corrected chi connectivity index (χ2v) is 4.40. The van der Waals surface area contributed by atoms with E-state index in [4.69, 9.17) is 4.52 Å². The van der Waals surface area contributed by atoms with E-state index in [0.29, 0.717) is 11.7 Å². The van der Waals surface area contributed by atoms with E-state index >= 15 is 0 Å². The maximum Gasteiger partial charge on any atom is 0.231 e. The number of aliphatic hydroxyl groups excluding tert-OH is 1. The van der Waals surface area contributed by atoms with Crippen molar-refractivity contribution in [2.45, 2.75) is 5.92 Å². The number of hydrogen-bond acceptors (Lipinski definition) is 6. The molecule has 1 fully saturated rings. The minimum Gasteiger partial charge on any atom is -0.396 e. The van der Waals surface area contributed by atoms with E-state index in [2.05, 4.69) is 20.4 Å². The number of aliphatic hydroxyl groups is 1. The predicted molar refractivity (Wildman–Crippen MR) is 71.0 cm³/mol. The minimum absolute atomic E-state index is 0. The molecule has 0 radical (unpaired) electrons.